The van der Waals surface area contributed by atoms with E-state index in [0.29, 0.717) is 0 Å². The van der Waals surface area contributed by atoms with Crippen molar-refractivity contribution in [1.82, 2.24) is 0 Å². The lowest BCUT2D eigenvalue weighted by atomic mass is 10.2. The van der Waals surface area contributed by atoms with Crippen molar-refractivity contribution in [3.05, 3.63) is 0 Å². The third-order valence-electron chi connectivity index (χ3n) is 1.54. The summed E-state index contributed by atoms with van der Waals surface area (Å²) in [6, 6.07) is -2.57. The van der Waals surface area contributed by atoms with Crippen LogP contribution in [0.25, 0.3) is 0 Å². The lowest BCUT2D eigenvalue weighted by molar-refractivity contribution is -0.141. The number of aliphatic carboxylic acids is 2. The van der Waals surface area contributed by atoms with Gasteiger partial charge < -0.3 is 36.6 Å². The van der Waals surface area contributed by atoms with Crippen LogP contribution in [0.4, 0.5) is 0 Å². The minimum atomic E-state index is -4.60. The first kappa shape index (κ1) is 20.3. The number of carboxylic acids is 2. The molecule has 0 bridgehead atoms. The zero-order valence-electron chi connectivity index (χ0n) is 9.91. The fourth-order valence-corrected chi connectivity index (χ4v) is 0.810. The molecule has 0 saturated heterocycles. The Kier molecular flexibility index (Phi) is 9.52. The highest BCUT2D eigenvalue weighted by molar-refractivity contribution is 7.46. The molecule has 0 aliphatic carbocycles. The second-order valence-corrected chi connectivity index (χ2v) is 4.58. The number of rotatable bonds is 6. The standard InChI is InChI=1S/C4H9NO3.C3H8NO6P/c1-2(6)3(5)4(7)8;4-2(3(5)6)1-10-11(7,8)9/h2-3,6H,5H2,1H3,(H,7,8);2H,1,4H2,(H,5,6)(H2,7,8,9). The van der Waals surface area contributed by atoms with Gasteiger partial charge in [-0.05, 0) is 6.92 Å². The Hall–Kier alpha value is -1.07. The molecule has 19 heavy (non-hydrogen) atoms. The molecule has 0 aromatic carbocycles. The minimum absolute atomic E-state index is 0.709. The summed E-state index contributed by atoms with van der Waals surface area (Å²) in [4.78, 5) is 36.0. The number of phosphoric acid groups is 1. The summed E-state index contributed by atoms with van der Waals surface area (Å²) in [5, 5.41) is 24.7. The molecule has 0 saturated carbocycles. The number of aliphatic hydroxyl groups is 1. The minimum Gasteiger partial charge on any atom is -0.480 e. The maximum atomic E-state index is 9.98. The predicted octanol–water partition coefficient (Wildman–Crippen LogP) is -2.71. The molecule has 0 radical (unpaired) electrons. The Balaban J connectivity index is 0. The molecule has 0 aromatic heterocycles. The third-order valence-corrected chi connectivity index (χ3v) is 2.03. The first-order valence-corrected chi connectivity index (χ1v) is 6.26. The van der Waals surface area contributed by atoms with E-state index >= 15 is 0 Å². The van der Waals surface area contributed by atoms with E-state index < -0.39 is 44.6 Å². The van der Waals surface area contributed by atoms with Crippen LogP contribution in [0, 0.1) is 0 Å². The molecule has 0 spiro atoms. The van der Waals surface area contributed by atoms with Gasteiger partial charge in [-0.25, -0.2) is 4.57 Å². The molecule has 114 valence electrons. The summed E-state index contributed by atoms with van der Waals surface area (Å²) >= 11 is 0. The fraction of sp³-hybridized carbons (Fsp3) is 0.714. The van der Waals surface area contributed by atoms with Gasteiger partial charge in [-0.1, -0.05) is 0 Å². The van der Waals surface area contributed by atoms with E-state index in [-0.39, 0.29) is 0 Å². The Bertz CT molecular complexity index is 341. The smallest absolute Gasteiger partial charge is 0.469 e. The van der Waals surface area contributed by atoms with Crippen molar-refractivity contribution in [3.8, 4) is 0 Å². The van der Waals surface area contributed by atoms with Crippen LogP contribution in [0.1, 0.15) is 6.92 Å². The van der Waals surface area contributed by atoms with Crippen LogP contribution in [0.5, 0.6) is 0 Å². The van der Waals surface area contributed by atoms with Crippen LogP contribution < -0.4 is 11.5 Å². The van der Waals surface area contributed by atoms with E-state index in [0.717, 1.165) is 0 Å². The van der Waals surface area contributed by atoms with Crippen molar-refractivity contribution in [1.29, 1.82) is 0 Å². The molecule has 0 amide bonds. The van der Waals surface area contributed by atoms with Crippen LogP contribution in [0.3, 0.4) is 0 Å². The van der Waals surface area contributed by atoms with Gasteiger partial charge in [0, 0.05) is 0 Å². The summed E-state index contributed by atoms with van der Waals surface area (Å²) in [5.74, 6) is -2.56. The molecule has 0 fully saturated rings. The zero-order chi connectivity index (χ0) is 15.8. The van der Waals surface area contributed by atoms with E-state index in [4.69, 9.17) is 36.6 Å². The van der Waals surface area contributed by atoms with Gasteiger partial charge in [0.25, 0.3) is 0 Å². The van der Waals surface area contributed by atoms with E-state index in [1.165, 1.54) is 6.92 Å². The van der Waals surface area contributed by atoms with Crippen LogP contribution in [0.15, 0.2) is 0 Å². The molecule has 3 unspecified atom stereocenters. The van der Waals surface area contributed by atoms with Gasteiger partial charge in [0.15, 0.2) is 0 Å². The van der Waals surface area contributed by atoms with Crippen molar-refractivity contribution < 1.29 is 43.8 Å². The molecule has 0 aliphatic rings. The highest BCUT2D eigenvalue weighted by Crippen LogP contribution is 2.35. The molecule has 0 aromatic rings. The number of hydrogen-bond donors (Lipinski definition) is 7. The maximum Gasteiger partial charge on any atom is 0.469 e. The summed E-state index contributed by atoms with van der Waals surface area (Å²) in [7, 11) is -4.60. The predicted molar refractivity (Wildman–Crippen MR) is 60.9 cm³/mol. The van der Waals surface area contributed by atoms with E-state index in [2.05, 4.69) is 4.52 Å². The van der Waals surface area contributed by atoms with Crippen LogP contribution >= 0.6 is 7.82 Å². The second kappa shape index (κ2) is 8.93. The highest BCUT2D eigenvalue weighted by Gasteiger charge is 2.19. The summed E-state index contributed by atoms with van der Waals surface area (Å²) in [6.45, 7) is 0.623. The van der Waals surface area contributed by atoms with Crippen LogP contribution in [-0.2, 0) is 18.7 Å². The number of nitrogens with two attached hydrogens (primary N) is 2. The SMILES string of the molecule is CC(O)C(N)C(=O)O.NC(COP(=O)(O)O)C(=O)O. The summed E-state index contributed by atoms with van der Waals surface area (Å²) in [6.07, 6.45) is -0.979. The Morgan fingerprint density at radius 2 is 1.63 bits per heavy atom. The maximum absolute atomic E-state index is 9.98. The quantitative estimate of drug-likeness (QED) is 0.250. The van der Waals surface area contributed by atoms with Gasteiger partial charge in [-0.2, -0.15) is 0 Å². The molecular weight excluding hydrogens is 287 g/mol. The molecule has 0 rings (SSSR count). The van der Waals surface area contributed by atoms with Gasteiger partial charge in [-0.3, -0.25) is 14.1 Å². The first-order chi connectivity index (χ1) is 8.38. The lowest BCUT2D eigenvalue weighted by Crippen LogP contribution is -2.39. The van der Waals surface area contributed by atoms with Gasteiger partial charge >= 0.3 is 19.8 Å². The largest absolute Gasteiger partial charge is 0.480 e. The van der Waals surface area contributed by atoms with Crippen molar-refractivity contribution in [3.63, 3.8) is 0 Å². The molecule has 0 aliphatic heterocycles. The lowest BCUT2D eigenvalue weighted by Gasteiger charge is -2.07. The number of carbonyl (C=O) groups is 2. The third kappa shape index (κ3) is 13.2. The number of phosphoric ester groups is 1. The van der Waals surface area contributed by atoms with Crippen molar-refractivity contribution in [2.24, 2.45) is 11.5 Å². The van der Waals surface area contributed by atoms with Gasteiger partial charge in [0.05, 0.1) is 12.7 Å². The molecule has 0 heterocycles. The van der Waals surface area contributed by atoms with E-state index in [1.54, 1.807) is 0 Å². The fourth-order valence-electron chi connectivity index (χ4n) is 0.455. The first-order valence-electron chi connectivity index (χ1n) is 4.73. The molecule has 12 heteroatoms. The van der Waals surface area contributed by atoms with Crippen LogP contribution in [0.2, 0.25) is 0 Å². The highest BCUT2D eigenvalue weighted by atomic mass is 31.2. The molecule has 9 N–H and O–H groups in total. The van der Waals surface area contributed by atoms with E-state index in [9.17, 15) is 14.2 Å². The van der Waals surface area contributed by atoms with Gasteiger partial charge in [-0.15, -0.1) is 0 Å². The summed E-state index contributed by atoms with van der Waals surface area (Å²) < 4.78 is 13.8. The Labute approximate surface area is 108 Å². The second-order valence-electron chi connectivity index (χ2n) is 3.34. The molecular formula is C7H17N2O9P. The van der Waals surface area contributed by atoms with E-state index in [1.807, 2.05) is 0 Å². The van der Waals surface area contributed by atoms with Crippen molar-refractivity contribution >= 4 is 19.8 Å². The average molecular weight is 304 g/mol. The summed E-state index contributed by atoms with van der Waals surface area (Å²) in [5.41, 5.74) is 9.77. The normalized spacial score (nSPS) is 15.7. The number of hydrogen-bond acceptors (Lipinski definition) is 7. The van der Waals surface area contributed by atoms with Crippen LogP contribution in [-0.4, -0.2) is 61.8 Å². The number of aliphatic hydroxyl groups excluding tert-OH is 1. The topological polar surface area (TPSA) is 214 Å². The zero-order valence-corrected chi connectivity index (χ0v) is 10.8. The molecule has 3 atom stereocenters. The Morgan fingerprint density at radius 3 is 1.79 bits per heavy atom. The Morgan fingerprint density at radius 1 is 1.21 bits per heavy atom. The average Bonchev–Trinajstić information content (AvgIpc) is 2.24. The van der Waals surface area contributed by atoms with Crippen molar-refractivity contribution in [2.45, 2.75) is 25.1 Å². The van der Waals surface area contributed by atoms with Gasteiger partial charge in [0.1, 0.15) is 12.1 Å². The number of carboxylic acid groups (broad SMARTS) is 2. The molecule has 11 nitrogen and oxygen atoms in total. The monoisotopic (exact) mass is 304 g/mol. The van der Waals surface area contributed by atoms with Gasteiger partial charge in [0.2, 0.25) is 0 Å². The van der Waals surface area contributed by atoms with Crippen molar-refractivity contribution in [2.75, 3.05) is 6.61 Å².